The summed E-state index contributed by atoms with van der Waals surface area (Å²) in [4.78, 5) is 37.0. The van der Waals surface area contributed by atoms with E-state index in [1.165, 1.54) is 26.4 Å². The van der Waals surface area contributed by atoms with Gasteiger partial charge in [0.1, 0.15) is 5.92 Å². The molecule has 1 aliphatic carbocycles. The van der Waals surface area contributed by atoms with Crippen molar-refractivity contribution < 1.29 is 29.1 Å². The minimum atomic E-state index is -1.00. The van der Waals surface area contributed by atoms with Crippen molar-refractivity contribution in [3.63, 3.8) is 0 Å². The normalized spacial score (nSPS) is 21.7. The number of carbonyl (C=O) groups is 2. The van der Waals surface area contributed by atoms with Gasteiger partial charge >= 0.3 is 11.7 Å². The Labute approximate surface area is 189 Å². The number of ether oxygens (including phenoxy) is 2. The third-order valence-electron chi connectivity index (χ3n) is 6.05. The third-order valence-corrected chi connectivity index (χ3v) is 6.05. The first kappa shape index (κ1) is 22.1. The van der Waals surface area contributed by atoms with Crippen LogP contribution in [0.15, 0.2) is 47.7 Å². The van der Waals surface area contributed by atoms with E-state index in [1.54, 1.807) is 6.92 Å². The van der Waals surface area contributed by atoms with E-state index in [4.69, 9.17) is 9.47 Å². The smallest absolute Gasteiger partial charge is 0.316 e. The molecular weight excluding hydrogens is 430 g/mol. The van der Waals surface area contributed by atoms with Gasteiger partial charge in [0.25, 0.3) is 0 Å². The van der Waals surface area contributed by atoms with Crippen molar-refractivity contribution in [1.82, 2.24) is 0 Å². The van der Waals surface area contributed by atoms with Gasteiger partial charge in [-0.25, -0.2) is 0 Å². The van der Waals surface area contributed by atoms with Crippen LogP contribution in [-0.4, -0.2) is 36.0 Å². The summed E-state index contributed by atoms with van der Waals surface area (Å²) in [5.74, 6) is -3.09. The van der Waals surface area contributed by atoms with Crippen LogP contribution in [0.5, 0.6) is 11.5 Å². The number of benzene rings is 2. The summed E-state index contributed by atoms with van der Waals surface area (Å²) in [5, 5.41) is 28.4. The lowest BCUT2D eigenvalue weighted by atomic mass is 9.74. The monoisotopic (exact) mass is 453 g/mol. The second-order valence-electron chi connectivity index (χ2n) is 8.03. The number of nitrogens with zero attached hydrogens (tertiary/aromatic N) is 1. The van der Waals surface area contributed by atoms with Gasteiger partial charge in [-0.2, -0.15) is 0 Å². The molecule has 10 heteroatoms. The zero-order chi connectivity index (χ0) is 23.9. The van der Waals surface area contributed by atoms with E-state index >= 15 is 0 Å². The van der Waals surface area contributed by atoms with Crippen LogP contribution in [0.3, 0.4) is 0 Å². The number of nitro groups is 1. The van der Waals surface area contributed by atoms with Crippen molar-refractivity contribution in [1.29, 1.82) is 0 Å². The van der Waals surface area contributed by atoms with Gasteiger partial charge in [0, 0.05) is 17.3 Å². The fraction of sp³-hybridized carbons (Fsp3) is 0.304. The van der Waals surface area contributed by atoms with Crippen LogP contribution in [0.4, 0.5) is 17.1 Å². The number of carbonyl (C=O) groups excluding carboxylic acids is 2. The number of methoxy groups -OCH3 is 2. The summed E-state index contributed by atoms with van der Waals surface area (Å²) in [7, 11) is 2.52. The molecule has 0 amide bonds. The number of hydrogen-bond donors (Lipinski definition) is 3. The number of anilines is 2. The number of phenols is 1. The first-order valence-electron chi connectivity index (χ1n) is 10.3. The zero-order valence-corrected chi connectivity index (χ0v) is 18.2. The average Bonchev–Trinajstić information content (AvgIpc) is 2.95. The molecule has 0 radical (unpaired) electrons. The first-order valence-corrected chi connectivity index (χ1v) is 10.3. The highest BCUT2D eigenvalue weighted by atomic mass is 16.6. The van der Waals surface area contributed by atoms with Gasteiger partial charge in [-0.1, -0.05) is 19.1 Å². The number of ketones is 1. The van der Waals surface area contributed by atoms with Crippen LogP contribution in [0.25, 0.3) is 0 Å². The molecule has 0 saturated carbocycles. The second kappa shape index (κ2) is 8.45. The number of hydrogen-bond acceptors (Lipinski definition) is 9. The lowest BCUT2D eigenvalue weighted by Gasteiger charge is -2.32. The number of para-hydroxylation sites is 2. The van der Waals surface area contributed by atoms with E-state index in [0.717, 1.165) is 5.69 Å². The topological polar surface area (TPSA) is 140 Å². The van der Waals surface area contributed by atoms with Gasteiger partial charge in [-0.05, 0) is 36.1 Å². The van der Waals surface area contributed by atoms with Crippen LogP contribution in [-0.2, 0) is 14.3 Å². The predicted molar refractivity (Wildman–Crippen MR) is 119 cm³/mol. The summed E-state index contributed by atoms with van der Waals surface area (Å²) >= 11 is 0. The van der Waals surface area contributed by atoms with Crippen molar-refractivity contribution in [3.8, 4) is 11.5 Å². The van der Waals surface area contributed by atoms with Crippen molar-refractivity contribution in [2.75, 3.05) is 24.9 Å². The molecule has 2 aromatic carbocycles. The summed E-state index contributed by atoms with van der Waals surface area (Å²) in [6.45, 7) is 1.80. The Kier molecular flexibility index (Phi) is 5.67. The quantitative estimate of drug-likeness (QED) is 0.274. The van der Waals surface area contributed by atoms with Crippen LogP contribution in [0.1, 0.15) is 24.9 Å². The Bertz CT molecular complexity index is 1190. The number of allylic oxidation sites excluding steroid dienone is 1. The molecule has 0 saturated heterocycles. The van der Waals surface area contributed by atoms with Crippen molar-refractivity contribution in [3.05, 3.63) is 63.3 Å². The second-order valence-corrected chi connectivity index (χ2v) is 8.03. The van der Waals surface area contributed by atoms with E-state index in [1.807, 2.05) is 24.3 Å². The molecule has 1 heterocycles. The molecule has 0 spiro atoms. The molecule has 0 bridgehead atoms. The van der Waals surface area contributed by atoms with Gasteiger partial charge in [-0.3, -0.25) is 19.7 Å². The molecule has 0 unspecified atom stereocenters. The number of nitro benzene ring substituents is 1. The fourth-order valence-corrected chi connectivity index (χ4v) is 4.46. The van der Waals surface area contributed by atoms with Crippen LogP contribution >= 0.6 is 0 Å². The SMILES string of the molecule is COC(=O)[C@@H]1C(=O)C2=C(C[C@H]1C)Nc1ccccc1N[C@H]2c1cc(OC)c(O)c([N+](=O)[O-])c1. The summed E-state index contributed by atoms with van der Waals surface area (Å²) < 4.78 is 10.0. The van der Waals surface area contributed by atoms with Gasteiger partial charge in [-0.15, -0.1) is 0 Å². The van der Waals surface area contributed by atoms with E-state index in [0.29, 0.717) is 23.4 Å². The molecule has 4 rings (SSSR count). The van der Waals surface area contributed by atoms with E-state index in [2.05, 4.69) is 10.6 Å². The largest absolute Gasteiger partial charge is 0.500 e. The van der Waals surface area contributed by atoms with E-state index in [9.17, 15) is 24.8 Å². The Morgan fingerprint density at radius 2 is 1.91 bits per heavy atom. The lowest BCUT2D eigenvalue weighted by molar-refractivity contribution is -0.386. The molecule has 0 fully saturated rings. The maximum atomic E-state index is 13.6. The van der Waals surface area contributed by atoms with Crippen molar-refractivity contribution >= 4 is 28.8 Å². The molecule has 172 valence electrons. The molecule has 10 nitrogen and oxygen atoms in total. The third kappa shape index (κ3) is 3.73. The Balaban J connectivity index is 1.94. The predicted octanol–water partition coefficient (Wildman–Crippen LogP) is 3.54. The molecule has 3 atom stereocenters. The van der Waals surface area contributed by atoms with Crippen LogP contribution < -0.4 is 15.4 Å². The zero-order valence-electron chi connectivity index (χ0n) is 18.2. The maximum Gasteiger partial charge on any atom is 0.316 e. The van der Waals surface area contributed by atoms with Gasteiger partial charge in [0.05, 0.1) is 36.6 Å². The summed E-state index contributed by atoms with van der Waals surface area (Å²) in [6.07, 6.45) is 0.394. The van der Waals surface area contributed by atoms with Crippen molar-refractivity contribution in [2.24, 2.45) is 11.8 Å². The number of phenolic OH excluding ortho intramolecular Hbond substituents is 1. The number of esters is 1. The highest BCUT2D eigenvalue weighted by Crippen LogP contribution is 2.46. The molecule has 33 heavy (non-hydrogen) atoms. The van der Waals surface area contributed by atoms with Gasteiger partial charge in [0.15, 0.2) is 11.5 Å². The molecular formula is C23H23N3O7. The first-order chi connectivity index (χ1) is 15.8. The molecule has 2 aromatic rings. The number of fused-ring (bicyclic) bond motifs is 1. The maximum absolute atomic E-state index is 13.6. The highest BCUT2D eigenvalue weighted by molar-refractivity contribution is 6.11. The summed E-state index contributed by atoms with van der Waals surface area (Å²) in [5.41, 5.74) is 2.06. The Hall–Kier alpha value is -4.08. The molecule has 3 N–H and O–H groups in total. The lowest BCUT2D eigenvalue weighted by Crippen LogP contribution is -2.39. The summed E-state index contributed by atoms with van der Waals surface area (Å²) in [6, 6.07) is 9.10. The molecule has 0 aromatic heterocycles. The number of rotatable bonds is 4. The number of Topliss-reactive ketones (excluding diaryl/α,β-unsaturated/α-hetero) is 1. The minimum absolute atomic E-state index is 0.102. The Morgan fingerprint density at radius 3 is 2.55 bits per heavy atom. The van der Waals surface area contributed by atoms with Crippen LogP contribution in [0.2, 0.25) is 0 Å². The minimum Gasteiger partial charge on any atom is -0.500 e. The molecule has 2 aliphatic rings. The Morgan fingerprint density at radius 1 is 1.21 bits per heavy atom. The van der Waals surface area contributed by atoms with Gasteiger partial charge in [0.2, 0.25) is 5.75 Å². The van der Waals surface area contributed by atoms with E-state index in [-0.39, 0.29) is 17.2 Å². The van der Waals surface area contributed by atoms with Gasteiger partial charge < -0.3 is 25.2 Å². The van der Waals surface area contributed by atoms with Crippen molar-refractivity contribution in [2.45, 2.75) is 19.4 Å². The molecule has 1 aliphatic heterocycles. The van der Waals surface area contributed by atoms with E-state index < -0.39 is 40.1 Å². The fourth-order valence-electron chi connectivity index (χ4n) is 4.46. The standard InChI is InChI=1S/C23H23N3O7/c1-11-8-15-19(22(28)18(11)23(29)33-3)20(25-14-7-5-4-6-13(14)24-15)12-9-16(26(30)31)21(27)17(10-12)32-2/h4-7,9-11,18,20,24-25,27H,8H2,1-3H3/t11-,18+,20+/m1/s1. The average molecular weight is 453 g/mol. The van der Waals surface area contributed by atoms with Crippen LogP contribution in [0, 0.1) is 22.0 Å². The highest BCUT2D eigenvalue weighted by Gasteiger charge is 2.44. The number of nitrogens with one attached hydrogen (secondary N) is 2. The number of aromatic hydroxyl groups is 1.